The molecule has 4 heteroatoms. The van der Waals surface area contributed by atoms with Gasteiger partial charge in [0.05, 0.1) is 17.4 Å². The number of hydrogen-bond acceptors (Lipinski definition) is 4. The van der Waals surface area contributed by atoms with Crippen LogP contribution < -0.4 is 0 Å². The van der Waals surface area contributed by atoms with Gasteiger partial charge >= 0.3 is 11.9 Å². The van der Waals surface area contributed by atoms with Crippen molar-refractivity contribution in [2.75, 3.05) is 0 Å². The molecule has 0 spiro atoms. The van der Waals surface area contributed by atoms with E-state index in [0.29, 0.717) is 12.8 Å². The number of carbonyl (C=O) groups excluding carboxylic acids is 2. The minimum atomic E-state index is -0.665. The van der Waals surface area contributed by atoms with Crippen molar-refractivity contribution in [3.8, 4) is 6.07 Å². The van der Waals surface area contributed by atoms with E-state index in [1.807, 2.05) is 6.92 Å². The number of rotatable bonds is 1. The molecule has 0 aromatic rings. The summed E-state index contributed by atoms with van der Waals surface area (Å²) in [6.45, 7) is 3.66. The summed E-state index contributed by atoms with van der Waals surface area (Å²) in [5.74, 6) is -1.20. The number of carbonyl (C=O) groups is 2. The SMILES string of the molecule is CC12CCC(C(=O)OC1=O)C2(C)CC#N. The van der Waals surface area contributed by atoms with Crippen molar-refractivity contribution in [2.24, 2.45) is 16.7 Å². The van der Waals surface area contributed by atoms with Crippen molar-refractivity contribution >= 4 is 11.9 Å². The second-order valence-electron chi connectivity index (χ2n) is 4.88. The zero-order valence-electron chi connectivity index (χ0n) is 8.87. The van der Waals surface area contributed by atoms with E-state index in [1.165, 1.54) is 0 Å². The van der Waals surface area contributed by atoms with E-state index in [-0.39, 0.29) is 12.3 Å². The average molecular weight is 207 g/mol. The summed E-state index contributed by atoms with van der Waals surface area (Å²) < 4.78 is 4.73. The summed E-state index contributed by atoms with van der Waals surface area (Å²) in [5, 5.41) is 8.82. The lowest BCUT2D eigenvalue weighted by Crippen LogP contribution is -2.51. The van der Waals surface area contributed by atoms with Crippen LogP contribution in [0.1, 0.15) is 33.1 Å². The van der Waals surface area contributed by atoms with E-state index in [4.69, 9.17) is 10.00 Å². The summed E-state index contributed by atoms with van der Waals surface area (Å²) in [7, 11) is 0. The first-order valence-electron chi connectivity index (χ1n) is 5.09. The van der Waals surface area contributed by atoms with E-state index in [0.717, 1.165) is 0 Å². The van der Waals surface area contributed by atoms with Crippen LogP contribution in [0.15, 0.2) is 0 Å². The van der Waals surface area contributed by atoms with E-state index in [2.05, 4.69) is 6.07 Å². The Hall–Kier alpha value is -1.37. The first-order valence-corrected chi connectivity index (χ1v) is 5.09. The Balaban J connectivity index is 2.50. The van der Waals surface area contributed by atoms with Crippen molar-refractivity contribution < 1.29 is 14.3 Å². The Labute approximate surface area is 88.2 Å². The highest BCUT2D eigenvalue weighted by Gasteiger charge is 2.65. The topological polar surface area (TPSA) is 67.2 Å². The van der Waals surface area contributed by atoms with E-state index >= 15 is 0 Å². The summed E-state index contributed by atoms with van der Waals surface area (Å²) in [6, 6.07) is 2.09. The largest absolute Gasteiger partial charge is 0.392 e. The van der Waals surface area contributed by atoms with Crippen LogP contribution in [0, 0.1) is 28.1 Å². The third-order valence-electron chi connectivity index (χ3n) is 4.34. The molecule has 1 aliphatic carbocycles. The number of cyclic esters (lactones) is 2. The Morgan fingerprint density at radius 2 is 2.20 bits per heavy atom. The van der Waals surface area contributed by atoms with Crippen LogP contribution >= 0.6 is 0 Å². The van der Waals surface area contributed by atoms with Crippen molar-refractivity contribution in [2.45, 2.75) is 33.1 Å². The summed E-state index contributed by atoms with van der Waals surface area (Å²) >= 11 is 0. The molecule has 3 atom stereocenters. The Kier molecular flexibility index (Phi) is 1.91. The van der Waals surface area contributed by atoms with Crippen LogP contribution in [-0.4, -0.2) is 11.9 Å². The third-order valence-corrected chi connectivity index (χ3v) is 4.34. The molecule has 2 aliphatic rings. The quantitative estimate of drug-likeness (QED) is 0.481. The van der Waals surface area contributed by atoms with Crippen LogP contribution in [0.4, 0.5) is 0 Å². The minimum Gasteiger partial charge on any atom is -0.392 e. The Morgan fingerprint density at radius 3 is 2.80 bits per heavy atom. The molecule has 4 nitrogen and oxygen atoms in total. The van der Waals surface area contributed by atoms with Crippen molar-refractivity contribution in [3.63, 3.8) is 0 Å². The number of hydrogen-bond donors (Lipinski definition) is 0. The zero-order chi connectivity index (χ0) is 11.3. The summed E-state index contributed by atoms with van der Waals surface area (Å²) in [4.78, 5) is 23.3. The van der Waals surface area contributed by atoms with E-state index in [9.17, 15) is 9.59 Å². The standard InChI is InChI=1S/C11H13NO3/c1-10(5-6-12)7-3-4-11(10,2)9(14)15-8(7)13/h7H,3-5H2,1-2H3. The molecule has 1 saturated heterocycles. The molecule has 0 amide bonds. The molecule has 15 heavy (non-hydrogen) atoms. The number of nitriles is 1. The van der Waals surface area contributed by atoms with Gasteiger partial charge in [-0.1, -0.05) is 6.92 Å². The maximum atomic E-state index is 11.7. The normalized spacial score (nSPS) is 43.7. The Bertz CT molecular complexity index is 384. The Morgan fingerprint density at radius 1 is 1.53 bits per heavy atom. The molecule has 0 radical (unpaired) electrons. The lowest BCUT2D eigenvalue weighted by Gasteiger charge is -2.43. The first kappa shape index (κ1) is 10.2. The average Bonchev–Trinajstić information content (AvgIpc) is 2.33. The molecule has 3 unspecified atom stereocenters. The van der Waals surface area contributed by atoms with Gasteiger partial charge in [-0.05, 0) is 19.8 Å². The fraction of sp³-hybridized carbons (Fsp3) is 0.727. The van der Waals surface area contributed by atoms with Crippen LogP contribution in [0.3, 0.4) is 0 Å². The molecular weight excluding hydrogens is 194 g/mol. The van der Waals surface area contributed by atoms with Crippen molar-refractivity contribution in [3.05, 3.63) is 0 Å². The fourth-order valence-corrected chi connectivity index (χ4v) is 2.89. The van der Waals surface area contributed by atoms with Crippen LogP contribution in [0.2, 0.25) is 0 Å². The smallest absolute Gasteiger partial charge is 0.320 e. The van der Waals surface area contributed by atoms with Crippen molar-refractivity contribution in [1.82, 2.24) is 0 Å². The second-order valence-corrected chi connectivity index (χ2v) is 4.88. The lowest BCUT2D eigenvalue weighted by molar-refractivity contribution is -0.186. The van der Waals surface area contributed by atoms with E-state index < -0.39 is 22.8 Å². The highest BCUT2D eigenvalue weighted by Crippen LogP contribution is 2.61. The van der Waals surface area contributed by atoms with Crippen LogP contribution in [-0.2, 0) is 14.3 Å². The zero-order valence-corrected chi connectivity index (χ0v) is 8.87. The van der Waals surface area contributed by atoms with Gasteiger partial charge in [0.15, 0.2) is 0 Å². The summed E-state index contributed by atoms with van der Waals surface area (Å²) in [5.41, 5.74) is -1.21. The molecule has 1 saturated carbocycles. The molecule has 0 aromatic heterocycles. The highest BCUT2D eigenvalue weighted by atomic mass is 16.6. The number of fused-ring (bicyclic) bond motifs is 2. The third kappa shape index (κ3) is 1.01. The van der Waals surface area contributed by atoms with Crippen molar-refractivity contribution in [1.29, 1.82) is 5.26 Å². The fourth-order valence-electron chi connectivity index (χ4n) is 2.89. The summed E-state index contributed by atoms with van der Waals surface area (Å²) in [6.07, 6.45) is 1.52. The molecule has 0 N–H and O–H groups in total. The molecule has 80 valence electrons. The van der Waals surface area contributed by atoms with Gasteiger partial charge in [0.25, 0.3) is 0 Å². The molecular formula is C11H13NO3. The van der Waals surface area contributed by atoms with E-state index in [1.54, 1.807) is 6.92 Å². The van der Waals surface area contributed by atoms with Gasteiger partial charge in [-0.2, -0.15) is 5.26 Å². The predicted octanol–water partition coefficient (Wildman–Crippen LogP) is 1.41. The van der Waals surface area contributed by atoms with Crippen LogP contribution in [0.5, 0.6) is 0 Å². The number of ether oxygens (including phenoxy) is 1. The lowest BCUT2D eigenvalue weighted by atomic mass is 9.61. The molecule has 2 bridgehead atoms. The second kappa shape index (κ2) is 2.82. The van der Waals surface area contributed by atoms with Gasteiger partial charge in [-0.25, -0.2) is 0 Å². The van der Waals surface area contributed by atoms with Crippen LogP contribution in [0.25, 0.3) is 0 Å². The van der Waals surface area contributed by atoms with Gasteiger partial charge in [-0.15, -0.1) is 0 Å². The maximum Gasteiger partial charge on any atom is 0.320 e. The minimum absolute atomic E-state index is 0.231. The number of esters is 2. The molecule has 2 rings (SSSR count). The van der Waals surface area contributed by atoms with Gasteiger partial charge in [0, 0.05) is 11.8 Å². The number of nitrogens with zero attached hydrogens (tertiary/aromatic N) is 1. The molecule has 1 heterocycles. The van der Waals surface area contributed by atoms with Gasteiger partial charge in [0.2, 0.25) is 0 Å². The maximum absolute atomic E-state index is 11.7. The molecule has 0 aromatic carbocycles. The highest BCUT2D eigenvalue weighted by molar-refractivity contribution is 5.95. The first-order chi connectivity index (χ1) is 6.95. The predicted molar refractivity (Wildman–Crippen MR) is 50.3 cm³/mol. The van der Waals surface area contributed by atoms with Gasteiger partial charge in [-0.3, -0.25) is 9.59 Å². The molecule has 2 fully saturated rings. The van der Waals surface area contributed by atoms with Gasteiger partial charge < -0.3 is 4.74 Å². The van der Waals surface area contributed by atoms with Gasteiger partial charge in [0.1, 0.15) is 0 Å². The monoisotopic (exact) mass is 207 g/mol. The molecule has 1 aliphatic heterocycles.